The number of nitrogens with one attached hydrogen (secondary N) is 1. The van der Waals surface area contributed by atoms with Gasteiger partial charge in [-0.15, -0.1) is 0 Å². The van der Waals surface area contributed by atoms with Gasteiger partial charge in [-0.1, -0.05) is 30.1 Å². The third-order valence-electron chi connectivity index (χ3n) is 6.27. The lowest BCUT2D eigenvalue weighted by Gasteiger charge is -2.33. The van der Waals surface area contributed by atoms with Gasteiger partial charge in [-0.05, 0) is 53.4 Å². The Balaban J connectivity index is 1.55. The summed E-state index contributed by atoms with van der Waals surface area (Å²) in [6.45, 7) is 3.33. The largest absolute Gasteiger partial charge is 0.434 e. The Bertz CT molecular complexity index is 1180. The van der Waals surface area contributed by atoms with Crippen LogP contribution in [0.5, 0.6) is 0 Å². The Kier molecular flexibility index (Phi) is 6.61. The number of imidazole rings is 1. The van der Waals surface area contributed by atoms with E-state index in [1.807, 2.05) is 12.2 Å². The molecule has 0 spiro atoms. The lowest BCUT2D eigenvalue weighted by molar-refractivity contribution is -0.396. The van der Waals surface area contributed by atoms with Crippen molar-refractivity contribution >= 4 is 28.0 Å². The second-order valence-corrected chi connectivity index (χ2v) is 10.3. The molecule has 10 nitrogen and oxygen atoms in total. The van der Waals surface area contributed by atoms with E-state index >= 15 is 0 Å². The van der Waals surface area contributed by atoms with Gasteiger partial charge in [0.2, 0.25) is 15.9 Å². The van der Waals surface area contributed by atoms with Crippen molar-refractivity contribution in [3.63, 3.8) is 0 Å². The number of amides is 1. The zero-order valence-corrected chi connectivity index (χ0v) is 19.2. The van der Waals surface area contributed by atoms with E-state index in [2.05, 4.69) is 16.6 Å². The van der Waals surface area contributed by atoms with E-state index < -0.39 is 21.0 Å². The minimum absolute atomic E-state index is 0.0633. The van der Waals surface area contributed by atoms with Gasteiger partial charge in [-0.3, -0.25) is 4.79 Å². The molecule has 176 valence electrons. The second kappa shape index (κ2) is 9.44. The molecule has 1 aromatic heterocycles. The number of fused-ring (bicyclic) bond motifs is 1. The summed E-state index contributed by atoms with van der Waals surface area (Å²) in [5.41, 5.74) is 1.90. The first-order chi connectivity index (χ1) is 15.7. The molecule has 1 aromatic carbocycles. The molecule has 1 saturated heterocycles. The van der Waals surface area contributed by atoms with Crippen molar-refractivity contribution in [2.45, 2.75) is 50.1 Å². The summed E-state index contributed by atoms with van der Waals surface area (Å²) in [5, 5.41) is 11.2. The fraction of sp³-hybridized carbons (Fsp3) is 0.455. The van der Waals surface area contributed by atoms with E-state index in [1.54, 1.807) is 17.0 Å². The number of hydrogen-bond acceptors (Lipinski definition) is 6. The van der Waals surface area contributed by atoms with Crippen LogP contribution in [0.4, 0.5) is 5.95 Å². The monoisotopic (exact) mass is 473 g/mol. The van der Waals surface area contributed by atoms with Crippen molar-refractivity contribution in [2.24, 2.45) is 5.92 Å². The molecule has 1 amide bonds. The molecule has 1 aliphatic carbocycles. The van der Waals surface area contributed by atoms with Crippen molar-refractivity contribution in [1.29, 1.82) is 0 Å². The first-order valence-corrected chi connectivity index (χ1v) is 12.5. The summed E-state index contributed by atoms with van der Waals surface area (Å²) in [6.07, 6.45) is 9.11. The van der Waals surface area contributed by atoms with Crippen LogP contribution in [0.15, 0.2) is 41.6 Å². The molecular formula is C22H27N5O5S. The highest BCUT2D eigenvalue weighted by atomic mass is 32.2. The molecule has 1 atom stereocenters. The zero-order valence-electron chi connectivity index (χ0n) is 18.4. The fourth-order valence-corrected chi connectivity index (χ4v) is 5.53. The number of nitrogens with zero attached hydrogens (tertiary/aromatic N) is 4. The molecule has 1 aliphatic heterocycles. The van der Waals surface area contributed by atoms with Gasteiger partial charge in [0.15, 0.2) is 0 Å². The number of likely N-dealkylation sites (tertiary alicyclic amines) is 1. The first kappa shape index (κ1) is 23.1. The minimum Gasteiger partial charge on any atom is -0.390 e. The van der Waals surface area contributed by atoms with Gasteiger partial charge in [0, 0.05) is 19.5 Å². The maximum Gasteiger partial charge on any atom is 0.434 e. The van der Waals surface area contributed by atoms with Crippen LogP contribution in [0.3, 0.4) is 0 Å². The number of hydrogen-bond donors (Lipinski definition) is 1. The molecule has 2 aliphatic rings. The number of benzene rings is 1. The first-order valence-electron chi connectivity index (χ1n) is 11.0. The number of aromatic nitrogens is 2. The van der Waals surface area contributed by atoms with Crippen LogP contribution in [-0.4, -0.2) is 52.8 Å². The summed E-state index contributed by atoms with van der Waals surface area (Å²) in [6, 6.07) is 3.87. The predicted octanol–water partition coefficient (Wildman–Crippen LogP) is 2.36. The standard InChI is InChI=1S/C22H27N5O5S/c1-16-7-11-25(12-8-16)21(28)20(9-13-26-14-10-23-22(26)27(29)30)24-33(31,32)19-6-5-17-3-2-4-18(17)15-19/h2-3,5-6,10,14-16,20,24H,4,7-9,11-13H2,1H3. The van der Waals surface area contributed by atoms with Crippen molar-refractivity contribution < 1.29 is 18.1 Å². The number of carbonyl (C=O) groups is 1. The van der Waals surface area contributed by atoms with Crippen molar-refractivity contribution in [3.05, 3.63) is 57.9 Å². The highest BCUT2D eigenvalue weighted by Crippen LogP contribution is 2.24. The van der Waals surface area contributed by atoms with E-state index in [-0.39, 0.29) is 29.7 Å². The molecule has 33 heavy (non-hydrogen) atoms. The van der Waals surface area contributed by atoms with E-state index in [0.29, 0.717) is 25.4 Å². The SMILES string of the molecule is CC1CCN(C(=O)C(CCn2ccnc2[N+](=O)[O-])NS(=O)(=O)c2ccc3c(c2)CC=C3)CC1. The summed E-state index contributed by atoms with van der Waals surface area (Å²) in [4.78, 5) is 29.4. The Hall–Kier alpha value is -3.05. The quantitative estimate of drug-likeness (QED) is 0.463. The number of allylic oxidation sites excluding steroid dienone is 1. The van der Waals surface area contributed by atoms with Gasteiger partial charge in [0.1, 0.15) is 18.4 Å². The molecular weight excluding hydrogens is 446 g/mol. The third kappa shape index (κ3) is 5.14. The van der Waals surface area contributed by atoms with Crippen LogP contribution in [0, 0.1) is 16.0 Å². The number of rotatable bonds is 8. The smallest absolute Gasteiger partial charge is 0.390 e. The highest BCUT2D eigenvalue weighted by molar-refractivity contribution is 7.89. The van der Waals surface area contributed by atoms with Crippen LogP contribution in [0.25, 0.3) is 6.08 Å². The second-order valence-electron chi connectivity index (χ2n) is 8.62. The van der Waals surface area contributed by atoms with Crippen molar-refractivity contribution in [3.8, 4) is 0 Å². The Morgan fingerprint density at radius 1 is 1.33 bits per heavy atom. The average Bonchev–Trinajstić information content (AvgIpc) is 3.45. The van der Waals surface area contributed by atoms with Gasteiger partial charge >= 0.3 is 5.95 Å². The van der Waals surface area contributed by atoms with Gasteiger partial charge < -0.3 is 15.0 Å². The zero-order chi connectivity index (χ0) is 23.6. The predicted molar refractivity (Wildman–Crippen MR) is 122 cm³/mol. The van der Waals surface area contributed by atoms with Gasteiger partial charge in [0.05, 0.1) is 11.4 Å². The number of nitro groups is 1. The topological polar surface area (TPSA) is 127 Å². The molecule has 1 N–H and O–H groups in total. The molecule has 2 aromatic rings. The normalized spacial score (nSPS) is 17.2. The lowest BCUT2D eigenvalue weighted by Crippen LogP contribution is -2.50. The molecule has 0 saturated carbocycles. The Morgan fingerprint density at radius 3 is 2.82 bits per heavy atom. The lowest BCUT2D eigenvalue weighted by atomic mass is 9.98. The molecule has 1 unspecified atom stereocenters. The van der Waals surface area contributed by atoms with Crippen LogP contribution in [0.2, 0.25) is 0 Å². The van der Waals surface area contributed by atoms with Gasteiger partial charge in [-0.25, -0.2) is 13.0 Å². The maximum absolute atomic E-state index is 13.3. The Morgan fingerprint density at radius 2 is 2.09 bits per heavy atom. The number of carbonyl (C=O) groups excluding carboxylic acids is 1. The number of sulfonamides is 1. The number of piperidine rings is 1. The summed E-state index contributed by atoms with van der Waals surface area (Å²) in [7, 11) is -3.98. The van der Waals surface area contributed by atoms with Crippen LogP contribution in [0.1, 0.15) is 37.3 Å². The summed E-state index contributed by atoms with van der Waals surface area (Å²) < 4.78 is 30.3. The summed E-state index contributed by atoms with van der Waals surface area (Å²) in [5.74, 6) is -0.143. The molecule has 4 rings (SSSR count). The van der Waals surface area contributed by atoms with Crippen LogP contribution < -0.4 is 4.72 Å². The van der Waals surface area contributed by atoms with E-state index in [4.69, 9.17) is 0 Å². The van der Waals surface area contributed by atoms with Crippen LogP contribution in [-0.2, 0) is 27.8 Å². The molecule has 0 bridgehead atoms. The van der Waals surface area contributed by atoms with Crippen LogP contribution >= 0.6 is 0 Å². The third-order valence-corrected chi connectivity index (χ3v) is 7.74. The van der Waals surface area contributed by atoms with Gasteiger partial charge in [0.25, 0.3) is 0 Å². The van der Waals surface area contributed by atoms with E-state index in [0.717, 1.165) is 24.0 Å². The molecule has 1 fully saturated rings. The maximum atomic E-state index is 13.3. The van der Waals surface area contributed by atoms with Gasteiger partial charge in [-0.2, -0.15) is 4.72 Å². The minimum atomic E-state index is -3.98. The molecule has 11 heteroatoms. The van der Waals surface area contributed by atoms with Crippen molar-refractivity contribution in [1.82, 2.24) is 19.2 Å². The van der Waals surface area contributed by atoms with E-state index in [9.17, 15) is 23.3 Å². The van der Waals surface area contributed by atoms with Crippen molar-refractivity contribution in [2.75, 3.05) is 13.1 Å². The number of aryl methyl sites for hydroxylation is 1. The van der Waals surface area contributed by atoms with E-state index in [1.165, 1.54) is 23.0 Å². The fourth-order valence-electron chi connectivity index (χ4n) is 4.26. The summed E-state index contributed by atoms with van der Waals surface area (Å²) >= 11 is 0. The molecule has 0 radical (unpaired) electrons. The highest BCUT2D eigenvalue weighted by Gasteiger charge is 2.32. The Labute approximate surface area is 192 Å². The molecule has 2 heterocycles. The average molecular weight is 474 g/mol.